The van der Waals surface area contributed by atoms with E-state index in [4.69, 9.17) is 33.4 Å². The fraction of sp³-hybridized carbons (Fsp3) is 0.424. The molecule has 9 rings (SSSR count). The Bertz CT molecular complexity index is 3230. The SMILES string of the molecule is Cc1ccc(-c2ncn(-c3ccc(Cc4nccc(-c5cccc([N+]6(Cc7ccc(O[C@@H]8O[C@H](C(=O)O)[C@@H](O)[C@H](O)[C@H]8O)c(NC(=O)CCNC(=O)CCOCCOCCOCCN8C(=O)CC(C)C8=O)c7)CCOCC6)c5)n4)cc3)n2)cn1. The molecule has 25 heteroatoms. The predicted molar refractivity (Wildman–Crippen MR) is 301 cm³/mol. The molecule has 3 aliphatic heterocycles. The molecule has 3 fully saturated rings. The van der Waals surface area contributed by atoms with Crippen molar-refractivity contribution in [3.63, 3.8) is 0 Å². The summed E-state index contributed by atoms with van der Waals surface area (Å²) in [6.07, 6.45) is -3.72. The molecule has 1 unspecified atom stereocenters. The number of carbonyl (C=O) groups is 5. The van der Waals surface area contributed by atoms with E-state index in [1.54, 1.807) is 42.5 Å². The van der Waals surface area contributed by atoms with E-state index >= 15 is 0 Å². The average molecular weight is 1160 g/mol. The maximum Gasteiger partial charge on any atom is 0.335 e. The van der Waals surface area contributed by atoms with E-state index in [9.17, 15) is 44.4 Å². The van der Waals surface area contributed by atoms with Gasteiger partial charge in [0.25, 0.3) is 0 Å². The minimum absolute atomic E-state index is 0.0185. The molecule has 6 heterocycles. The number of rotatable bonds is 27. The van der Waals surface area contributed by atoms with Crippen LogP contribution in [0.3, 0.4) is 0 Å². The summed E-state index contributed by atoms with van der Waals surface area (Å²) in [5.74, 6) is -1.96. The molecule has 3 aromatic heterocycles. The Labute approximate surface area is 484 Å². The normalized spacial score (nSPS) is 20.4. The van der Waals surface area contributed by atoms with Crippen LogP contribution in [0.1, 0.15) is 48.8 Å². The van der Waals surface area contributed by atoms with Gasteiger partial charge in [-0.05, 0) is 67.1 Å². The molecule has 25 nitrogen and oxygen atoms in total. The summed E-state index contributed by atoms with van der Waals surface area (Å²) < 4.78 is 35.9. The Kier molecular flexibility index (Phi) is 20.6. The van der Waals surface area contributed by atoms with Crippen molar-refractivity contribution >= 4 is 41.0 Å². The van der Waals surface area contributed by atoms with Crippen LogP contribution in [0.5, 0.6) is 5.75 Å². The summed E-state index contributed by atoms with van der Waals surface area (Å²) in [5, 5.41) is 51.7. The van der Waals surface area contributed by atoms with Crippen LogP contribution in [-0.4, -0.2) is 194 Å². The number of likely N-dealkylation sites (tertiary alicyclic amines) is 1. The summed E-state index contributed by atoms with van der Waals surface area (Å²) in [4.78, 5) is 81.8. The largest absolute Gasteiger partial charge is 0.479 e. The van der Waals surface area contributed by atoms with Gasteiger partial charge in [-0.25, -0.2) is 24.4 Å². The fourth-order valence-electron chi connectivity index (χ4n) is 9.94. The van der Waals surface area contributed by atoms with E-state index in [2.05, 4.69) is 42.8 Å². The standard InChI is InChI=1S/C59H68N10O15/c1-37-30-51(72)67(57(37)76)19-23-80-27-29-82-28-26-79-22-16-49(70)61-18-15-50(71)65-46-31-40(9-13-47(46)83-59-54(75)52(73)53(74)55(84-59)58(77)78)35-69(20-24-81-25-21-69)44-5-3-4-41(33-44)45-14-17-60-48(64-45)32-39-7-11-43(12-8-39)68-36-63-56(66-68)42-10-6-38(2)62-34-42/h3-14,17,31,33-34,36-37,52-55,59,73-75H,15-16,18-30,32,35H2,1-2H3,(H2-,61,65,70,71,77,78)/p+1/t37?,52-,53-,54+,55-,59+/m0/s1. The molecule has 0 radical (unpaired) electrons. The first-order valence-electron chi connectivity index (χ1n) is 27.8. The number of nitrogens with zero attached hydrogens (tertiary/aromatic N) is 8. The van der Waals surface area contributed by atoms with Gasteiger partial charge in [0.2, 0.25) is 29.9 Å². The number of quaternary nitrogens is 1. The van der Waals surface area contributed by atoms with Crippen LogP contribution >= 0.6 is 0 Å². The lowest BCUT2D eigenvalue weighted by Gasteiger charge is -2.41. The maximum absolute atomic E-state index is 13.6. The summed E-state index contributed by atoms with van der Waals surface area (Å²) >= 11 is 0. The van der Waals surface area contributed by atoms with Gasteiger partial charge in [0, 0.05) is 79.0 Å². The number of aliphatic hydroxyl groups is 3. The molecule has 3 aromatic carbocycles. The summed E-state index contributed by atoms with van der Waals surface area (Å²) in [7, 11) is 0. The molecule has 4 amide bonds. The minimum Gasteiger partial charge on any atom is -0.479 e. The van der Waals surface area contributed by atoms with Gasteiger partial charge in [0.15, 0.2) is 11.9 Å². The average Bonchev–Trinajstić information content (AvgIpc) is 3.23. The van der Waals surface area contributed by atoms with Crippen LogP contribution < -0.4 is 19.9 Å². The number of aliphatic carboxylic acids is 1. The number of hydrogen-bond acceptors (Lipinski definition) is 19. The van der Waals surface area contributed by atoms with Crippen LogP contribution in [0.4, 0.5) is 11.4 Å². The fourth-order valence-corrected chi connectivity index (χ4v) is 9.94. The molecule has 0 bridgehead atoms. The number of nitrogens with one attached hydrogen (secondary N) is 2. The maximum atomic E-state index is 13.6. The molecule has 444 valence electrons. The zero-order valence-electron chi connectivity index (χ0n) is 46.7. The number of carboxylic acid groups (broad SMARTS) is 1. The molecular formula is C59H69N10O15+. The number of carboxylic acids is 1. The molecule has 6 atom stereocenters. The first-order valence-corrected chi connectivity index (χ1v) is 27.8. The molecule has 0 spiro atoms. The molecule has 6 N–H and O–H groups in total. The Morgan fingerprint density at radius 3 is 2.26 bits per heavy atom. The van der Waals surface area contributed by atoms with Crippen LogP contribution in [-0.2, 0) is 60.6 Å². The lowest BCUT2D eigenvalue weighted by atomic mass is 9.99. The van der Waals surface area contributed by atoms with Crippen molar-refractivity contribution in [2.75, 3.05) is 84.4 Å². The van der Waals surface area contributed by atoms with Gasteiger partial charge in [0.1, 0.15) is 61.5 Å². The van der Waals surface area contributed by atoms with Gasteiger partial charge in [-0.2, -0.15) is 0 Å². The number of carbonyl (C=O) groups excluding carboxylic acids is 4. The summed E-state index contributed by atoms with van der Waals surface area (Å²) in [5.41, 5.74) is 7.07. The lowest BCUT2D eigenvalue weighted by Crippen LogP contribution is -2.61. The highest BCUT2D eigenvalue weighted by atomic mass is 16.7. The highest BCUT2D eigenvalue weighted by molar-refractivity contribution is 6.03. The molecule has 0 saturated carbocycles. The van der Waals surface area contributed by atoms with E-state index in [1.165, 1.54) is 11.0 Å². The third-order valence-corrected chi connectivity index (χ3v) is 14.6. The van der Waals surface area contributed by atoms with E-state index in [0.717, 1.165) is 45.0 Å². The number of aliphatic hydroxyl groups excluding tert-OH is 3. The van der Waals surface area contributed by atoms with Gasteiger partial charge >= 0.3 is 5.97 Å². The number of aryl methyl sites for hydroxylation is 1. The predicted octanol–water partition coefficient (Wildman–Crippen LogP) is 2.77. The molecule has 0 aliphatic carbocycles. The second-order valence-electron chi connectivity index (χ2n) is 20.7. The quantitative estimate of drug-likeness (QED) is 0.0245. The van der Waals surface area contributed by atoms with Crippen molar-refractivity contribution in [1.82, 2.24) is 44.4 Å². The topological polar surface area (TPSA) is 318 Å². The number of benzene rings is 3. The van der Waals surface area contributed by atoms with Gasteiger partial charge in [-0.1, -0.05) is 31.2 Å². The van der Waals surface area contributed by atoms with E-state index in [-0.39, 0.29) is 107 Å². The van der Waals surface area contributed by atoms with Crippen molar-refractivity contribution < 1.29 is 72.8 Å². The molecule has 3 aliphatic rings. The van der Waals surface area contributed by atoms with Crippen molar-refractivity contribution in [3.05, 3.63) is 126 Å². The number of anilines is 1. The number of imide groups is 1. The zero-order valence-corrected chi connectivity index (χ0v) is 46.7. The van der Waals surface area contributed by atoms with Crippen molar-refractivity contribution in [2.24, 2.45) is 5.92 Å². The minimum atomic E-state index is -1.95. The highest BCUT2D eigenvalue weighted by Gasteiger charge is 2.48. The van der Waals surface area contributed by atoms with Crippen molar-refractivity contribution in [3.8, 4) is 34.1 Å². The Morgan fingerprint density at radius 2 is 1.54 bits per heavy atom. The van der Waals surface area contributed by atoms with E-state index < -0.39 is 42.6 Å². The number of amides is 4. The Balaban J connectivity index is 0.814. The second-order valence-corrected chi connectivity index (χ2v) is 20.7. The Morgan fingerprint density at radius 1 is 0.786 bits per heavy atom. The molecule has 84 heavy (non-hydrogen) atoms. The van der Waals surface area contributed by atoms with Crippen LogP contribution in [0.15, 0.2) is 104 Å². The number of aromatic nitrogens is 6. The van der Waals surface area contributed by atoms with Crippen LogP contribution in [0.2, 0.25) is 0 Å². The van der Waals surface area contributed by atoms with Crippen LogP contribution in [0, 0.1) is 12.8 Å². The number of ether oxygens (including phenoxy) is 6. The van der Waals surface area contributed by atoms with E-state index in [0.29, 0.717) is 55.4 Å². The lowest BCUT2D eigenvalue weighted by molar-refractivity contribution is -0.271. The number of morpholine rings is 1. The zero-order chi connectivity index (χ0) is 59.2. The van der Waals surface area contributed by atoms with Crippen molar-refractivity contribution in [1.29, 1.82) is 0 Å². The molecule has 3 saturated heterocycles. The van der Waals surface area contributed by atoms with Gasteiger partial charge in [0.05, 0.1) is 76.5 Å². The molecule has 6 aromatic rings. The first kappa shape index (κ1) is 60.6. The summed E-state index contributed by atoms with van der Waals surface area (Å²) in [6, 6.07) is 26.9. The van der Waals surface area contributed by atoms with Gasteiger partial charge in [-0.15, -0.1) is 5.10 Å². The Hall–Kier alpha value is -7.98. The number of pyridine rings is 1. The number of hydrogen-bond donors (Lipinski definition) is 6. The van der Waals surface area contributed by atoms with E-state index in [1.807, 2.05) is 61.5 Å². The first-order chi connectivity index (χ1) is 40.6. The molecular weight excluding hydrogens is 1090 g/mol. The van der Waals surface area contributed by atoms with Crippen molar-refractivity contribution in [2.45, 2.75) is 76.8 Å². The van der Waals surface area contributed by atoms with Gasteiger partial charge < -0.3 is 59.5 Å². The second kappa shape index (κ2) is 28.5. The smallest absolute Gasteiger partial charge is 0.335 e. The third-order valence-electron chi connectivity index (χ3n) is 14.6. The summed E-state index contributed by atoms with van der Waals surface area (Å²) in [6.45, 7) is 7.67. The highest BCUT2D eigenvalue weighted by Crippen LogP contribution is 2.36. The van der Waals surface area contributed by atoms with Crippen LogP contribution in [0.25, 0.3) is 28.3 Å². The third kappa shape index (κ3) is 15.6. The monoisotopic (exact) mass is 1160 g/mol. The van der Waals surface area contributed by atoms with Gasteiger partial charge in [-0.3, -0.25) is 33.5 Å².